The van der Waals surface area contributed by atoms with E-state index in [4.69, 9.17) is 9.97 Å². The van der Waals surface area contributed by atoms with Crippen LogP contribution in [0.1, 0.15) is 30.5 Å². The first-order valence-corrected chi connectivity index (χ1v) is 17.6. The second kappa shape index (κ2) is 10.9. The summed E-state index contributed by atoms with van der Waals surface area (Å²) in [4.78, 5) is 13.8. The van der Waals surface area contributed by atoms with Gasteiger partial charge in [-0.15, -0.1) is 11.3 Å². The van der Waals surface area contributed by atoms with Crippen LogP contribution in [0.2, 0.25) is 0 Å². The van der Waals surface area contributed by atoms with Crippen LogP contribution in [-0.4, -0.2) is 45.1 Å². The first-order valence-electron chi connectivity index (χ1n) is 16.8. The zero-order valence-electron chi connectivity index (χ0n) is 27.5. The van der Waals surface area contributed by atoms with E-state index in [9.17, 15) is 25.5 Å². The summed E-state index contributed by atoms with van der Waals surface area (Å²) >= 11 is 1.85. The molecule has 1 aliphatic rings. The number of fused-ring (bicyclic) bond motifs is 11. The van der Waals surface area contributed by atoms with Gasteiger partial charge in [-0.3, -0.25) is 0 Å². The molecule has 0 saturated carbocycles. The molecule has 5 aromatic carbocycles. The van der Waals surface area contributed by atoms with Crippen LogP contribution >= 0.6 is 11.3 Å². The van der Waals surface area contributed by atoms with Gasteiger partial charge in [0.2, 0.25) is 17.2 Å². The summed E-state index contributed by atoms with van der Waals surface area (Å²) in [7, 11) is 0. The maximum absolute atomic E-state index is 10.8. The number of phenols is 5. The lowest BCUT2D eigenvalue weighted by molar-refractivity contribution is 0.330. The quantitative estimate of drug-likeness (QED) is 0.0905. The molecule has 5 N–H and O–H groups in total. The summed E-state index contributed by atoms with van der Waals surface area (Å²) < 4.78 is 4.93. The molecule has 1 atom stereocenters. The normalized spacial score (nSPS) is 14.3. The van der Waals surface area contributed by atoms with Crippen LogP contribution in [0.5, 0.6) is 28.7 Å². The number of allylic oxidation sites excluding steroid dienone is 1. The average Bonchev–Trinajstić information content (AvgIpc) is 3.74. The predicted molar refractivity (Wildman–Crippen MR) is 206 cm³/mol. The Morgan fingerprint density at radius 1 is 0.692 bits per heavy atom. The largest absolute Gasteiger partial charge is 0.504 e. The number of hydrogen-bond donors (Lipinski definition) is 5. The molecule has 9 nitrogen and oxygen atoms in total. The average molecular weight is 701 g/mol. The Bertz CT molecular complexity index is 2990. The van der Waals surface area contributed by atoms with Gasteiger partial charge in [-0.2, -0.15) is 0 Å². The van der Waals surface area contributed by atoms with Crippen LogP contribution in [0, 0.1) is 0 Å². The van der Waals surface area contributed by atoms with Gasteiger partial charge >= 0.3 is 0 Å². The van der Waals surface area contributed by atoms with Crippen molar-refractivity contribution in [2.75, 3.05) is 0 Å². The highest BCUT2D eigenvalue weighted by atomic mass is 32.1. The molecule has 0 fully saturated rings. The first kappa shape index (κ1) is 30.2. The first-order chi connectivity index (χ1) is 25.3. The number of aromatic nitrogens is 4. The lowest BCUT2D eigenvalue weighted by Crippen LogP contribution is -2.03. The molecule has 0 aliphatic heterocycles. The number of aromatic hydroxyl groups is 5. The van der Waals surface area contributed by atoms with Gasteiger partial charge in [0, 0.05) is 59.2 Å². The van der Waals surface area contributed by atoms with Crippen molar-refractivity contribution in [3.05, 3.63) is 108 Å². The Labute approximate surface area is 299 Å². The van der Waals surface area contributed by atoms with E-state index in [1.54, 1.807) is 18.3 Å². The molecule has 9 aromatic rings. The second-order valence-electron chi connectivity index (χ2n) is 13.2. The number of nitrogens with zero attached hydrogens (tertiary/aromatic N) is 4. The lowest BCUT2D eigenvalue weighted by atomic mass is 9.88. The van der Waals surface area contributed by atoms with Gasteiger partial charge in [-0.25, -0.2) is 15.0 Å². The van der Waals surface area contributed by atoms with Gasteiger partial charge in [-0.1, -0.05) is 55.5 Å². The monoisotopic (exact) mass is 700 g/mol. The van der Waals surface area contributed by atoms with Crippen molar-refractivity contribution in [1.82, 2.24) is 19.5 Å². The molecule has 52 heavy (non-hydrogen) atoms. The number of pyridine rings is 1. The van der Waals surface area contributed by atoms with Crippen LogP contribution in [0.15, 0.2) is 97.2 Å². The molecule has 0 saturated heterocycles. The van der Waals surface area contributed by atoms with E-state index in [1.165, 1.54) is 41.9 Å². The third kappa shape index (κ3) is 4.06. The van der Waals surface area contributed by atoms with Crippen molar-refractivity contribution >= 4 is 70.3 Å². The third-order valence-electron chi connectivity index (χ3n) is 10.2. The number of benzene rings is 5. The van der Waals surface area contributed by atoms with E-state index in [0.29, 0.717) is 16.9 Å². The Kier molecular flexibility index (Phi) is 6.34. The van der Waals surface area contributed by atoms with Crippen molar-refractivity contribution in [3.8, 4) is 57.1 Å². The molecule has 10 rings (SSSR count). The number of phenolic OH excluding ortho intramolecular Hbond substituents is 5. The van der Waals surface area contributed by atoms with Crippen molar-refractivity contribution < 1.29 is 25.5 Å². The molecule has 0 radical (unpaired) electrons. The Morgan fingerprint density at radius 2 is 1.37 bits per heavy atom. The highest BCUT2D eigenvalue weighted by Crippen LogP contribution is 2.55. The van der Waals surface area contributed by atoms with Crippen LogP contribution in [0.25, 0.3) is 87.3 Å². The number of rotatable bonds is 3. The Morgan fingerprint density at radius 3 is 2.13 bits per heavy atom. The van der Waals surface area contributed by atoms with Gasteiger partial charge in [0.1, 0.15) is 0 Å². The van der Waals surface area contributed by atoms with Gasteiger partial charge in [0.25, 0.3) is 0 Å². The maximum atomic E-state index is 10.8. The van der Waals surface area contributed by atoms with Gasteiger partial charge in [0.15, 0.2) is 23.0 Å². The van der Waals surface area contributed by atoms with Gasteiger partial charge in [0.05, 0.1) is 22.5 Å². The molecule has 1 aliphatic carbocycles. The third-order valence-corrected chi connectivity index (χ3v) is 11.4. The van der Waals surface area contributed by atoms with Crippen molar-refractivity contribution in [3.63, 3.8) is 0 Å². The van der Waals surface area contributed by atoms with Crippen molar-refractivity contribution in [2.24, 2.45) is 0 Å². The summed E-state index contributed by atoms with van der Waals surface area (Å²) in [6.45, 7) is 2.30. The standard InChI is InChI=1S/C42H28N4O5S/c1-20-8-6-13-27-29(20)31-30-25-11-4-5-14-28(25)52-40(30)24-10-3-2-9-23(24)34(31)46(27)22-17-15-21(16-18-22)41-44-33(26-12-7-19-43-42(26)45-41)32-35(47)37(49)39(51)38(50)36(32)48/h2-7,9-20,47-51H,8H2,1H3. The molecular weight excluding hydrogens is 673 g/mol. The van der Waals surface area contributed by atoms with Crippen LogP contribution < -0.4 is 0 Å². The van der Waals surface area contributed by atoms with Crippen molar-refractivity contribution in [2.45, 2.75) is 19.3 Å². The minimum atomic E-state index is -1.05. The smallest absolute Gasteiger partial charge is 0.208 e. The molecule has 0 amide bonds. The molecule has 4 aromatic heterocycles. The molecule has 252 valence electrons. The fraction of sp³-hybridized carbons (Fsp3) is 0.0714. The van der Waals surface area contributed by atoms with Crippen LogP contribution in [0.3, 0.4) is 0 Å². The topological polar surface area (TPSA) is 145 Å². The molecule has 10 heteroatoms. The summed E-state index contributed by atoms with van der Waals surface area (Å²) in [5.74, 6) is -4.15. The number of thiophene rings is 1. The van der Waals surface area contributed by atoms with E-state index in [1.807, 2.05) is 35.6 Å². The van der Waals surface area contributed by atoms with E-state index in [0.717, 1.165) is 23.3 Å². The van der Waals surface area contributed by atoms with E-state index in [-0.39, 0.29) is 22.7 Å². The summed E-state index contributed by atoms with van der Waals surface area (Å²) in [6, 6.07) is 28.5. The minimum Gasteiger partial charge on any atom is -0.504 e. The summed E-state index contributed by atoms with van der Waals surface area (Å²) in [6.07, 6.45) is 7.01. The molecular formula is C42H28N4O5S. The minimum absolute atomic E-state index is 0.0147. The fourth-order valence-corrected chi connectivity index (χ4v) is 9.12. The van der Waals surface area contributed by atoms with Gasteiger partial charge < -0.3 is 30.1 Å². The summed E-state index contributed by atoms with van der Waals surface area (Å²) in [5, 5.41) is 58.9. The van der Waals surface area contributed by atoms with Crippen LogP contribution in [-0.2, 0) is 0 Å². The molecule has 1 unspecified atom stereocenters. The lowest BCUT2D eigenvalue weighted by Gasteiger charge is -2.17. The zero-order valence-corrected chi connectivity index (χ0v) is 28.3. The van der Waals surface area contributed by atoms with Gasteiger partial charge in [-0.05, 0) is 66.4 Å². The molecule has 4 heterocycles. The maximum Gasteiger partial charge on any atom is 0.208 e. The fourth-order valence-electron chi connectivity index (χ4n) is 7.87. The predicted octanol–water partition coefficient (Wildman–Crippen LogP) is 9.87. The van der Waals surface area contributed by atoms with Crippen LogP contribution in [0.4, 0.5) is 0 Å². The summed E-state index contributed by atoms with van der Waals surface area (Å²) in [5.41, 5.74) is 5.16. The van der Waals surface area contributed by atoms with E-state index in [2.05, 4.69) is 77.2 Å². The number of hydrogen-bond acceptors (Lipinski definition) is 9. The molecule has 0 bridgehead atoms. The zero-order chi connectivity index (χ0) is 35.4. The Hall–Kier alpha value is -6.65. The van der Waals surface area contributed by atoms with Crippen molar-refractivity contribution in [1.29, 1.82) is 0 Å². The van der Waals surface area contributed by atoms with E-state index < -0.39 is 28.7 Å². The SMILES string of the molecule is CC1CC=Cc2c1c1c3c4ccccc4sc3c3ccccc3c1n2-c1ccc(-c2nc(-c3c(O)c(O)c(O)c(O)c3O)c3cccnc3n2)cc1. The Balaban J connectivity index is 1.22. The highest BCUT2D eigenvalue weighted by molar-refractivity contribution is 7.27. The molecule has 0 spiro atoms. The van der Waals surface area contributed by atoms with E-state index >= 15 is 0 Å². The highest BCUT2D eigenvalue weighted by Gasteiger charge is 2.29. The second-order valence-corrected chi connectivity index (χ2v) is 14.2.